The number of imidazole rings is 1. The number of fused-ring (bicyclic) bond motifs is 1. The van der Waals surface area contributed by atoms with Crippen molar-refractivity contribution in [2.75, 3.05) is 18.6 Å². The Hall–Kier alpha value is -0.940. The topological polar surface area (TPSA) is 29.9 Å². The number of nitrogens with zero attached hydrogens (tertiary/aromatic N) is 1. The van der Waals surface area contributed by atoms with Crippen molar-refractivity contribution in [2.24, 2.45) is 0 Å². The van der Waals surface area contributed by atoms with E-state index in [1.54, 1.807) is 7.11 Å². The number of ether oxygens (including phenoxy) is 1. The number of nitrogens with one attached hydrogen (secondary N) is 1. The van der Waals surface area contributed by atoms with Crippen LogP contribution in [0.5, 0.6) is 5.75 Å². The van der Waals surface area contributed by atoms with E-state index in [4.69, 9.17) is 17.0 Å². The average molecular weight is 280 g/mol. The van der Waals surface area contributed by atoms with Crippen LogP contribution in [-0.4, -0.2) is 28.2 Å². The first-order valence-electron chi connectivity index (χ1n) is 6.16. The maximum atomic E-state index is 5.48. The second-order valence-electron chi connectivity index (χ2n) is 4.53. The summed E-state index contributed by atoms with van der Waals surface area (Å²) in [6, 6.07) is 6.62. The normalized spacial score (nSPS) is 20.2. The summed E-state index contributed by atoms with van der Waals surface area (Å²) in [4.78, 5) is 3.29. The van der Waals surface area contributed by atoms with E-state index < -0.39 is 0 Å². The zero-order valence-corrected chi connectivity index (χ0v) is 11.9. The van der Waals surface area contributed by atoms with E-state index in [1.165, 1.54) is 18.6 Å². The fourth-order valence-corrected chi connectivity index (χ4v) is 4.06. The molecule has 96 valence electrons. The zero-order valence-electron chi connectivity index (χ0n) is 10.3. The minimum atomic E-state index is 0.511. The van der Waals surface area contributed by atoms with Gasteiger partial charge in [0.25, 0.3) is 0 Å². The van der Waals surface area contributed by atoms with E-state index in [0.29, 0.717) is 6.04 Å². The molecule has 1 aromatic carbocycles. The highest BCUT2D eigenvalue weighted by Gasteiger charge is 2.19. The number of thioether (sulfide) groups is 1. The van der Waals surface area contributed by atoms with E-state index in [9.17, 15) is 0 Å². The summed E-state index contributed by atoms with van der Waals surface area (Å²) in [6.07, 6.45) is 2.49. The lowest BCUT2D eigenvalue weighted by molar-refractivity contribution is 0.419. The number of rotatable bonds is 2. The number of benzene rings is 1. The maximum Gasteiger partial charge on any atom is 0.178 e. The van der Waals surface area contributed by atoms with Gasteiger partial charge in [-0.25, -0.2) is 0 Å². The van der Waals surface area contributed by atoms with Crippen LogP contribution in [0.4, 0.5) is 0 Å². The molecule has 1 unspecified atom stereocenters. The molecule has 1 fully saturated rings. The molecule has 5 heteroatoms. The van der Waals surface area contributed by atoms with Crippen molar-refractivity contribution in [3.63, 3.8) is 0 Å². The lowest BCUT2D eigenvalue weighted by atomic mass is 10.1. The Morgan fingerprint density at radius 3 is 3.11 bits per heavy atom. The van der Waals surface area contributed by atoms with Crippen molar-refractivity contribution in [1.82, 2.24) is 9.55 Å². The van der Waals surface area contributed by atoms with E-state index in [-0.39, 0.29) is 0 Å². The first-order chi connectivity index (χ1) is 8.81. The summed E-state index contributed by atoms with van der Waals surface area (Å²) in [5, 5.41) is 0. The van der Waals surface area contributed by atoms with Gasteiger partial charge in [-0.05, 0) is 42.9 Å². The summed E-state index contributed by atoms with van der Waals surface area (Å²) >= 11 is 7.50. The third-order valence-electron chi connectivity index (χ3n) is 3.44. The second-order valence-corrected chi connectivity index (χ2v) is 6.06. The average Bonchev–Trinajstić information content (AvgIpc) is 2.75. The van der Waals surface area contributed by atoms with Gasteiger partial charge in [-0.15, -0.1) is 0 Å². The van der Waals surface area contributed by atoms with Crippen LogP contribution in [0.25, 0.3) is 11.0 Å². The summed E-state index contributed by atoms with van der Waals surface area (Å²) in [6.45, 7) is 0. The van der Waals surface area contributed by atoms with Gasteiger partial charge < -0.3 is 14.3 Å². The van der Waals surface area contributed by atoms with Gasteiger partial charge in [0.05, 0.1) is 12.6 Å². The van der Waals surface area contributed by atoms with Crippen molar-refractivity contribution < 1.29 is 4.74 Å². The summed E-state index contributed by atoms with van der Waals surface area (Å²) in [5.74, 6) is 3.29. The fraction of sp³-hybridized carbons (Fsp3) is 0.462. The minimum absolute atomic E-state index is 0.511. The lowest BCUT2D eigenvalue weighted by Crippen LogP contribution is -2.16. The SMILES string of the molecule is COc1cccc2c1[nH]c(=S)n2C1CCCSC1. The molecule has 0 spiro atoms. The third-order valence-corrected chi connectivity index (χ3v) is 4.93. The number of methoxy groups -OCH3 is 1. The molecular weight excluding hydrogens is 264 g/mol. The Balaban J connectivity index is 2.16. The van der Waals surface area contributed by atoms with E-state index >= 15 is 0 Å². The smallest absolute Gasteiger partial charge is 0.178 e. The molecule has 0 saturated carbocycles. The zero-order chi connectivity index (χ0) is 12.5. The first-order valence-corrected chi connectivity index (χ1v) is 7.72. The van der Waals surface area contributed by atoms with Gasteiger partial charge in [0.2, 0.25) is 0 Å². The predicted molar refractivity (Wildman–Crippen MR) is 79.3 cm³/mol. The molecule has 0 bridgehead atoms. The molecule has 1 aromatic heterocycles. The van der Waals surface area contributed by atoms with Gasteiger partial charge in [0.1, 0.15) is 11.3 Å². The molecule has 3 nitrogen and oxygen atoms in total. The molecule has 3 rings (SSSR count). The quantitative estimate of drug-likeness (QED) is 0.849. The van der Waals surface area contributed by atoms with Crippen LogP contribution >= 0.6 is 24.0 Å². The van der Waals surface area contributed by atoms with E-state index in [1.807, 2.05) is 23.9 Å². The molecule has 0 radical (unpaired) electrons. The van der Waals surface area contributed by atoms with Crippen LogP contribution in [-0.2, 0) is 0 Å². The Kier molecular flexibility index (Phi) is 3.35. The molecule has 2 heterocycles. The molecular formula is C13H16N2OS2. The molecule has 0 amide bonds. The maximum absolute atomic E-state index is 5.48. The molecule has 1 aliphatic rings. The Bertz CT molecular complexity index is 611. The second kappa shape index (κ2) is 4.97. The molecule has 0 aliphatic carbocycles. The first kappa shape index (κ1) is 12.1. The van der Waals surface area contributed by atoms with Crippen LogP contribution in [0.1, 0.15) is 18.9 Å². The Morgan fingerprint density at radius 2 is 2.39 bits per heavy atom. The van der Waals surface area contributed by atoms with Crippen molar-refractivity contribution in [3.8, 4) is 5.75 Å². The van der Waals surface area contributed by atoms with Crippen molar-refractivity contribution in [2.45, 2.75) is 18.9 Å². The van der Waals surface area contributed by atoms with Crippen LogP contribution in [0, 0.1) is 4.77 Å². The summed E-state index contributed by atoms with van der Waals surface area (Å²) in [5.41, 5.74) is 2.17. The highest BCUT2D eigenvalue weighted by atomic mass is 32.2. The van der Waals surface area contributed by atoms with Crippen LogP contribution in [0.2, 0.25) is 0 Å². The van der Waals surface area contributed by atoms with Crippen molar-refractivity contribution >= 4 is 35.0 Å². The van der Waals surface area contributed by atoms with E-state index in [0.717, 1.165) is 27.3 Å². The highest BCUT2D eigenvalue weighted by Crippen LogP contribution is 2.32. The monoisotopic (exact) mass is 280 g/mol. The van der Waals surface area contributed by atoms with Gasteiger partial charge in [-0.1, -0.05) is 6.07 Å². The number of para-hydroxylation sites is 1. The summed E-state index contributed by atoms with van der Waals surface area (Å²) in [7, 11) is 1.69. The largest absolute Gasteiger partial charge is 0.494 e. The molecule has 1 N–H and O–H groups in total. The summed E-state index contributed by atoms with van der Waals surface area (Å²) < 4.78 is 8.46. The predicted octanol–water partition coefficient (Wildman–Crippen LogP) is 3.78. The molecule has 18 heavy (non-hydrogen) atoms. The number of aromatic amines is 1. The van der Waals surface area contributed by atoms with Crippen LogP contribution in [0.3, 0.4) is 0 Å². The van der Waals surface area contributed by atoms with Gasteiger partial charge >= 0.3 is 0 Å². The highest BCUT2D eigenvalue weighted by molar-refractivity contribution is 7.99. The Labute approximate surface area is 116 Å². The molecule has 2 aromatic rings. The van der Waals surface area contributed by atoms with Crippen LogP contribution in [0.15, 0.2) is 18.2 Å². The number of hydrogen-bond acceptors (Lipinski definition) is 3. The molecule has 1 aliphatic heterocycles. The minimum Gasteiger partial charge on any atom is -0.494 e. The lowest BCUT2D eigenvalue weighted by Gasteiger charge is -2.23. The van der Waals surface area contributed by atoms with Gasteiger partial charge in [-0.2, -0.15) is 11.8 Å². The number of hydrogen-bond donors (Lipinski definition) is 1. The van der Waals surface area contributed by atoms with Crippen molar-refractivity contribution in [1.29, 1.82) is 0 Å². The van der Waals surface area contributed by atoms with Gasteiger partial charge in [-0.3, -0.25) is 0 Å². The number of aromatic nitrogens is 2. The van der Waals surface area contributed by atoms with Crippen molar-refractivity contribution in [3.05, 3.63) is 23.0 Å². The Morgan fingerprint density at radius 1 is 1.50 bits per heavy atom. The standard InChI is InChI=1S/C13H16N2OS2/c1-16-11-6-2-5-10-12(11)14-13(17)15(10)9-4-3-7-18-8-9/h2,5-6,9H,3-4,7-8H2,1H3,(H,14,17). The fourth-order valence-electron chi connectivity index (χ4n) is 2.58. The van der Waals surface area contributed by atoms with E-state index in [2.05, 4.69) is 15.6 Å². The van der Waals surface area contributed by atoms with Crippen LogP contribution < -0.4 is 4.74 Å². The van der Waals surface area contributed by atoms with Gasteiger partial charge in [0.15, 0.2) is 4.77 Å². The molecule has 1 saturated heterocycles. The third kappa shape index (κ3) is 1.95. The number of H-pyrrole nitrogens is 1. The molecule has 1 atom stereocenters. The van der Waals surface area contributed by atoms with Gasteiger partial charge in [0, 0.05) is 11.8 Å².